The summed E-state index contributed by atoms with van der Waals surface area (Å²) in [5.41, 5.74) is 2.54. The van der Waals surface area contributed by atoms with Crippen molar-refractivity contribution < 1.29 is 38.1 Å². The van der Waals surface area contributed by atoms with Crippen molar-refractivity contribution in [2.24, 2.45) is 0 Å². The Bertz CT molecular complexity index is 1640. The minimum Gasteiger partial charge on any atom is -0.493 e. The predicted molar refractivity (Wildman–Crippen MR) is 176 cm³/mol. The molecule has 2 heterocycles. The molecule has 0 aromatic heterocycles. The van der Waals surface area contributed by atoms with Crippen LogP contribution in [0.2, 0.25) is 0 Å². The van der Waals surface area contributed by atoms with E-state index in [1.807, 2.05) is 31.2 Å². The maximum absolute atomic E-state index is 13.1. The first-order chi connectivity index (χ1) is 22.4. The van der Waals surface area contributed by atoms with Crippen LogP contribution in [0.5, 0.6) is 17.2 Å². The molecule has 2 N–H and O–H groups in total. The number of carbonyl (C=O) groups is 4. The summed E-state index contributed by atoms with van der Waals surface area (Å²) in [7, 11) is 1.45. The van der Waals surface area contributed by atoms with Crippen LogP contribution in [0.1, 0.15) is 12.5 Å². The molecule has 2 aliphatic heterocycles. The number of amides is 4. The number of benzene rings is 3. The first kappa shape index (κ1) is 32.4. The van der Waals surface area contributed by atoms with E-state index >= 15 is 0 Å². The van der Waals surface area contributed by atoms with Crippen LogP contribution < -0.4 is 29.7 Å². The molecule has 4 amide bonds. The average molecular weight is 647 g/mol. The summed E-state index contributed by atoms with van der Waals surface area (Å²) in [5, 5.41) is 5.07. The Morgan fingerprint density at radius 3 is 2.37 bits per heavy atom. The van der Waals surface area contributed by atoms with Crippen LogP contribution in [0.15, 0.2) is 71.6 Å². The number of nitrogens with one attached hydrogen (secondary N) is 2. The number of methoxy groups -OCH3 is 1. The quantitative estimate of drug-likeness (QED) is 0.268. The Labute approximate surface area is 270 Å². The smallest absolute Gasteiger partial charge is 0.294 e. The number of thioether (sulfide) groups is 1. The number of nitrogens with zero attached hydrogens (tertiary/aromatic N) is 2. The summed E-state index contributed by atoms with van der Waals surface area (Å²) in [5.74, 6) is -0.253. The Balaban J connectivity index is 1.20. The minimum atomic E-state index is -0.574. The van der Waals surface area contributed by atoms with Crippen molar-refractivity contribution in [3.05, 3.63) is 77.2 Å². The van der Waals surface area contributed by atoms with Crippen molar-refractivity contribution in [2.75, 3.05) is 68.7 Å². The van der Waals surface area contributed by atoms with E-state index in [9.17, 15) is 19.2 Å². The highest BCUT2D eigenvalue weighted by atomic mass is 32.2. The van der Waals surface area contributed by atoms with Crippen LogP contribution in [-0.4, -0.2) is 81.0 Å². The standard InChI is InChI=1S/C33H34N4O8S/c1-3-44-26-11-7-5-9-24(26)35-31(39)21-45-27-13-12-22(18-28(27)42-2)19-29-32(40)37(33(41)46-29)20-30(38)34-23-8-4-6-10-25(23)36-14-16-43-17-15-36/h4-13,18-19H,3,14-17,20-21H2,1-2H3,(H,34,38)(H,35,39)/b29-19+. The Morgan fingerprint density at radius 1 is 0.891 bits per heavy atom. The number of imide groups is 1. The molecule has 3 aromatic rings. The zero-order chi connectivity index (χ0) is 32.5. The number of para-hydroxylation sites is 4. The number of morpholine rings is 1. The maximum atomic E-state index is 13.1. The molecule has 0 aliphatic carbocycles. The first-order valence-electron chi connectivity index (χ1n) is 14.7. The first-order valence-corrected chi connectivity index (χ1v) is 15.5. The van der Waals surface area contributed by atoms with Gasteiger partial charge >= 0.3 is 0 Å². The van der Waals surface area contributed by atoms with E-state index in [4.69, 9.17) is 18.9 Å². The van der Waals surface area contributed by atoms with Gasteiger partial charge in [-0.25, -0.2) is 0 Å². The molecule has 0 bridgehead atoms. The zero-order valence-corrected chi connectivity index (χ0v) is 26.3. The lowest BCUT2D eigenvalue weighted by Gasteiger charge is -2.30. The van der Waals surface area contributed by atoms with E-state index in [0.29, 0.717) is 67.1 Å². The van der Waals surface area contributed by atoms with Gasteiger partial charge in [0.15, 0.2) is 18.1 Å². The highest BCUT2D eigenvalue weighted by molar-refractivity contribution is 8.18. The topological polar surface area (TPSA) is 136 Å². The molecule has 0 unspecified atom stereocenters. The summed E-state index contributed by atoms with van der Waals surface area (Å²) in [6, 6.07) is 19.4. The lowest BCUT2D eigenvalue weighted by molar-refractivity contribution is -0.127. The van der Waals surface area contributed by atoms with E-state index in [1.165, 1.54) is 7.11 Å². The fourth-order valence-electron chi connectivity index (χ4n) is 4.85. The second kappa shape index (κ2) is 15.3. The van der Waals surface area contributed by atoms with Crippen molar-refractivity contribution in [2.45, 2.75) is 6.92 Å². The van der Waals surface area contributed by atoms with Gasteiger partial charge in [-0.05, 0) is 66.7 Å². The van der Waals surface area contributed by atoms with E-state index in [2.05, 4.69) is 15.5 Å². The second-order valence-corrected chi connectivity index (χ2v) is 11.1. The molecule has 2 saturated heterocycles. The third-order valence-electron chi connectivity index (χ3n) is 7.01. The molecule has 3 aromatic carbocycles. The number of rotatable bonds is 12. The Morgan fingerprint density at radius 2 is 1.61 bits per heavy atom. The van der Waals surface area contributed by atoms with E-state index in [0.717, 1.165) is 22.3 Å². The monoisotopic (exact) mass is 646 g/mol. The molecule has 0 spiro atoms. The number of ether oxygens (including phenoxy) is 4. The summed E-state index contributed by atoms with van der Waals surface area (Å²) >= 11 is 0.749. The Hall–Kier alpha value is -5.01. The van der Waals surface area contributed by atoms with Gasteiger partial charge in [0.05, 0.1) is 48.9 Å². The highest BCUT2D eigenvalue weighted by Gasteiger charge is 2.36. The molecule has 2 fully saturated rings. The van der Waals surface area contributed by atoms with Crippen LogP contribution >= 0.6 is 11.8 Å². The number of hydrogen-bond acceptors (Lipinski definition) is 10. The normalized spacial score (nSPS) is 15.6. The van der Waals surface area contributed by atoms with Crippen molar-refractivity contribution in [1.82, 2.24) is 4.90 Å². The van der Waals surface area contributed by atoms with Crippen LogP contribution in [-0.2, 0) is 19.1 Å². The third kappa shape index (κ3) is 7.98. The van der Waals surface area contributed by atoms with E-state index in [-0.39, 0.29) is 17.4 Å². The minimum absolute atomic E-state index is 0.162. The molecule has 0 radical (unpaired) electrons. The lowest BCUT2D eigenvalue weighted by atomic mass is 10.2. The molecule has 46 heavy (non-hydrogen) atoms. The van der Waals surface area contributed by atoms with Crippen LogP contribution in [0, 0.1) is 0 Å². The number of anilines is 3. The van der Waals surface area contributed by atoms with Gasteiger partial charge in [0.2, 0.25) is 5.91 Å². The van der Waals surface area contributed by atoms with Crippen molar-refractivity contribution >= 4 is 57.9 Å². The van der Waals surface area contributed by atoms with Crippen molar-refractivity contribution in [3.8, 4) is 17.2 Å². The molecule has 5 rings (SSSR count). The number of hydrogen-bond donors (Lipinski definition) is 2. The number of carbonyl (C=O) groups excluding carboxylic acids is 4. The van der Waals surface area contributed by atoms with Crippen LogP contribution in [0.25, 0.3) is 6.08 Å². The summed E-state index contributed by atoms with van der Waals surface area (Å²) in [6.07, 6.45) is 1.54. The van der Waals surface area contributed by atoms with Gasteiger partial charge in [-0.15, -0.1) is 0 Å². The highest BCUT2D eigenvalue weighted by Crippen LogP contribution is 2.35. The summed E-state index contributed by atoms with van der Waals surface area (Å²) in [4.78, 5) is 54.6. The fourth-order valence-corrected chi connectivity index (χ4v) is 5.69. The van der Waals surface area contributed by atoms with Gasteiger partial charge in [-0.1, -0.05) is 30.3 Å². The maximum Gasteiger partial charge on any atom is 0.294 e. The molecule has 240 valence electrons. The molecule has 13 heteroatoms. The van der Waals surface area contributed by atoms with E-state index < -0.39 is 23.6 Å². The zero-order valence-electron chi connectivity index (χ0n) is 25.4. The average Bonchev–Trinajstić information content (AvgIpc) is 3.32. The summed E-state index contributed by atoms with van der Waals surface area (Å²) < 4.78 is 22.1. The van der Waals surface area contributed by atoms with E-state index in [1.54, 1.807) is 48.5 Å². The lowest BCUT2D eigenvalue weighted by Crippen LogP contribution is -2.38. The van der Waals surface area contributed by atoms with Gasteiger partial charge < -0.3 is 34.5 Å². The largest absolute Gasteiger partial charge is 0.493 e. The molecule has 2 aliphatic rings. The van der Waals surface area contributed by atoms with Crippen LogP contribution in [0.3, 0.4) is 0 Å². The molecular formula is C33H34N4O8S. The SMILES string of the molecule is CCOc1ccccc1NC(=O)COc1ccc(/C=C2/SC(=O)N(CC(=O)Nc3ccccc3N3CCOCC3)C2=O)cc1OC. The predicted octanol–water partition coefficient (Wildman–Crippen LogP) is 4.62. The van der Waals surface area contributed by atoms with Gasteiger partial charge in [0, 0.05) is 13.1 Å². The molecule has 0 atom stereocenters. The fraction of sp³-hybridized carbons (Fsp3) is 0.273. The van der Waals surface area contributed by atoms with Crippen molar-refractivity contribution in [3.63, 3.8) is 0 Å². The van der Waals surface area contributed by atoms with Crippen molar-refractivity contribution in [1.29, 1.82) is 0 Å². The van der Waals surface area contributed by atoms with Crippen LogP contribution in [0.4, 0.5) is 21.9 Å². The van der Waals surface area contributed by atoms with Gasteiger partial charge in [0.25, 0.3) is 17.1 Å². The molecule has 0 saturated carbocycles. The van der Waals surface area contributed by atoms with Gasteiger partial charge in [-0.3, -0.25) is 24.1 Å². The molecule has 12 nitrogen and oxygen atoms in total. The third-order valence-corrected chi connectivity index (χ3v) is 7.92. The molecular weight excluding hydrogens is 612 g/mol. The second-order valence-electron chi connectivity index (χ2n) is 10.1. The van der Waals surface area contributed by atoms with Gasteiger partial charge in [-0.2, -0.15) is 0 Å². The Kier molecular flexibility index (Phi) is 10.8. The summed E-state index contributed by atoms with van der Waals surface area (Å²) in [6.45, 7) is 4.18. The van der Waals surface area contributed by atoms with Gasteiger partial charge in [0.1, 0.15) is 12.3 Å².